The minimum Gasteiger partial charge on any atom is -0.269 e. The van der Waals surface area contributed by atoms with Crippen molar-refractivity contribution in [2.45, 2.75) is 13.8 Å². The summed E-state index contributed by atoms with van der Waals surface area (Å²) in [5.74, 6) is 0. The largest absolute Gasteiger partial charge is 0.269 e. The zero-order valence-corrected chi connectivity index (χ0v) is 8.31. The topological polar surface area (TPSA) is 12.4 Å². The molecule has 0 aromatic heterocycles. The SMILES string of the molecule is C=N/C(C)=C(/C)SCSC. The van der Waals surface area contributed by atoms with Gasteiger partial charge in [-0.25, -0.2) is 0 Å². The quantitative estimate of drug-likeness (QED) is 0.481. The zero-order valence-electron chi connectivity index (χ0n) is 6.68. The monoisotopic (exact) mass is 175 g/mol. The Morgan fingerprint density at radius 2 is 2.10 bits per heavy atom. The van der Waals surface area contributed by atoms with E-state index in [1.54, 1.807) is 0 Å². The first-order valence-electron chi connectivity index (χ1n) is 2.98. The van der Waals surface area contributed by atoms with Gasteiger partial charge in [0.05, 0.1) is 0 Å². The van der Waals surface area contributed by atoms with Crippen LogP contribution < -0.4 is 0 Å². The Kier molecular flexibility index (Phi) is 5.93. The fraction of sp³-hybridized carbons (Fsp3) is 0.571. The average Bonchev–Trinajstić information content (AvgIpc) is 1.98. The third-order valence-corrected chi connectivity index (χ3v) is 3.28. The molecule has 0 atom stereocenters. The van der Waals surface area contributed by atoms with Gasteiger partial charge in [0.25, 0.3) is 0 Å². The molecule has 0 spiro atoms. The lowest BCUT2D eigenvalue weighted by Gasteiger charge is -1.99. The molecule has 0 amide bonds. The Balaban J connectivity index is 3.79. The van der Waals surface area contributed by atoms with E-state index in [0.717, 1.165) is 10.8 Å². The van der Waals surface area contributed by atoms with Gasteiger partial charge in [-0.15, -0.1) is 11.8 Å². The first-order valence-corrected chi connectivity index (χ1v) is 5.36. The van der Waals surface area contributed by atoms with Gasteiger partial charge in [-0.3, -0.25) is 4.99 Å². The summed E-state index contributed by atoms with van der Waals surface area (Å²) in [5, 5.41) is 1.10. The number of nitrogens with zero attached hydrogens (tertiary/aromatic N) is 1. The standard InChI is InChI=1S/C7H13NS2/c1-6(8-3)7(2)10-5-9-4/h3,5H2,1-2,4H3/b7-6-. The Hall–Kier alpha value is 0.110. The second-order valence-electron chi connectivity index (χ2n) is 1.85. The number of aliphatic imine (C=N–C) groups is 1. The van der Waals surface area contributed by atoms with Gasteiger partial charge in [0, 0.05) is 15.7 Å². The maximum atomic E-state index is 3.84. The normalized spacial score (nSPS) is 12.7. The minimum atomic E-state index is 1.04. The van der Waals surface area contributed by atoms with Gasteiger partial charge in [-0.2, -0.15) is 11.8 Å². The summed E-state index contributed by atoms with van der Waals surface area (Å²) in [6.07, 6.45) is 2.09. The van der Waals surface area contributed by atoms with E-state index >= 15 is 0 Å². The molecular weight excluding hydrogens is 162 g/mol. The van der Waals surface area contributed by atoms with Crippen molar-refractivity contribution in [3.63, 3.8) is 0 Å². The summed E-state index contributed by atoms with van der Waals surface area (Å²) in [6.45, 7) is 7.52. The highest BCUT2D eigenvalue weighted by molar-refractivity contribution is 8.17. The van der Waals surface area contributed by atoms with Crippen molar-refractivity contribution < 1.29 is 0 Å². The zero-order chi connectivity index (χ0) is 7.98. The van der Waals surface area contributed by atoms with E-state index < -0.39 is 0 Å². The maximum absolute atomic E-state index is 3.84. The summed E-state index contributed by atoms with van der Waals surface area (Å²) in [4.78, 5) is 5.11. The van der Waals surface area contributed by atoms with Crippen LogP contribution in [0.5, 0.6) is 0 Å². The second kappa shape index (κ2) is 5.86. The number of hydrogen-bond donors (Lipinski definition) is 0. The van der Waals surface area contributed by atoms with Gasteiger partial charge < -0.3 is 0 Å². The first kappa shape index (κ1) is 10.1. The van der Waals surface area contributed by atoms with Crippen molar-refractivity contribution >= 4 is 30.2 Å². The predicted molar refractivity (Wildman–Crippen MR) is 53.9 cm³/mol. The smallest absolute Gasteiger partial charge is 0.0457 e. The van der Waals surface area contributed by atoms with Crippen molar-refractivity contribution in [3.05, 3.63) is 10.6 Å². The van der Waals surface area contributed by atoms with Crippen molar-refractivity contribution in [1.82, 2.24) is 0 Å². The molecule has 0 unspecified atom stereocenters. The summed E-state index contributed by atoms with van der Waals surface area (Å²) in [7, 11) is 0. The molecule has 0 aliphatic heterocycles. The van der Waals surface area contributed by atoms with Gasteiger partial charge in [-0.05, 0) is 26.8 Å². The van der Waals surface area contributed by atoms with Crippen LogP contribution in [0.15, 0.2) is 15.6 Å². The lowest BCUT2D eigenvalue weighted by Crippen LogP contribution is -1.75. The van der Waals surface area contributed by atoms with E-state index in [9.17, 15) is 0 Å². The van der Waals surface area contributed by atoms with Gasteiger partial charge in [0.15, 0.2) is 0 Å². The molecule has 0 radical (unpaired) electrons. The van der Waals surface area contributed by atoms with Crippen LogP contribution in [-0.2, 0) is 0 Å². The molecule has 0 saturated carbocycles. The number of rotatable bonds is 4. The molecule has 0 aromatic rings. The Morgan fingerprint density at radius 3 is 2.50 bits per heavy atom. The van der Waals surface area contributed by atoms with E-state index in [2.05, 4.69) is 24.9 Å². The van der Waals surface area contributed by atoms with E-state index in [4.69, 9.17) is 0 Å². The molecule has 3 heteroatoms. The van der Waals surface area contributed by atoms with Crippen LogP contribution in [-0.4, -0.2) is 18.1 Å². The molecule has 0 fully saturated rings. The molecule has 0 aliphatic carbocycles. The molecule has 1 nitrogen and oxygen atoms in total. The molecule has 10 heavy (non-hydrogen) atoms. The summed E-state index contributed by atoms with van der Waals surface area (Å²) >= 11 is 3.64. The van der Waals surface area contributed by atoms with E-state index in [1.807, 2.05) is 30.4 Å². The lowest BCUT2D eigenvalue weighted by atomic mass is 10.5. The number of allylic oxidation sites excluding steroid dienone is 2. The molecule has 0 aromatic carbocycles. The van der Waals surface area contributed by atoms with Crippen LogP contribution in [0.2, 0.25) is 0 Å². The Bertz CT molecular complexity index is 141. The summed E-state index contributed by atoms with van der Waals surface area (Å²) in [6, 6.07) is 0. The highest BCUT2D eigenvalue weighted by atomic mass is 32.2. The molecule has 0 N–H and O–H groups in total. The van der Waals surface area contributed by atoms with Gasteiger partial charge in [0.2, 0.25) is 0 Å². The van der Waals surface area contributed by atoms with Crippen LogP contribution in [0.4, 0.5) is 0 Å². The molecule has 0 rings (SSSR count). The average molecular weight is 175 g/mol. The van der Waals surface area contributed by atoms with Crippen LogP contribution in [0.1, 0.15) is 13.8 Å². The minimum absolute atomic E-state index is 1.04. The predicted octanol–water partition coefficient (Wildman–Crippen LogP) is 2.99. The molecule has 0 bridgehead atoms. The van der Waals surface area contributed by atoms with E-state index in [0.29, 0.717) is 0 Å². The Labute approximate surface area is 71.4 Å². The second-order valence-corrected chi connectivity index (χ2v) is 4.27. The molecular formula is C7H13NS2. The van der Waals surface area contributed by atoms with Crippen molar-refractivity contribution in [1.29, 1.82) is 0 Å². The van der Waals surface area contributed by atoms with Gasteiger partial charge in [-0.1, -0.05) is 0 Å². The van der Waals surface area contributed by atoms with Gasteiger partial charge in [0.1, 0.15) is 0 Å². The molecule has 0 aliphatic rings. The third-order valence-electron chi connectivity index (χ3n) is 1.14. The fourth-order valence-corrected chi connectivity index (χ4v) is 1.82. The van der Waals surface area contributed by atoms with Crippen LogP contribution in [0.3, 0.4) is 0 Å². The third kappa shape index (κ3) is 4.01. The van der Waals surface area contributed by atoms with Crippen LogP contribution >= 0.6 is 23.5 Å². The van der Waals surface area contributed by atoms with Crippen molar-refractivity contribution in [3.8, 4) is 0 Å². The molecule has 0 saturated heterocycles. The fourth-order valence-electron chi connectivity index (χ4n) is 0.363. The van der Waals surface area contributed by atoms with Gasteiger partial charge >= 0.3 is 0 Å². The first-order chi connectivity index (χ1) is 4.72. The Morgan fingerprint density at radius 1 is 1.50 bits per heavy atom. The number of hydrogen-bond acceptors (Lipinski definition) is 3. The highest BCUT2D eigenvalue weighted by Gasteiger charge is 1.93. The number of thioether (sulfide) groups is 2. The van der Waals surface area contributed by atoms with Crippen LogP contribution in [0, 0.1) is 0 Å². The summed E-state index contributed by atoms with van der Waals surface area (Å²) in [5.41, 5.74) is 1.04. The van der Waals surface area contributed by atoms with Crippen LogP contribution in [0.25, 0.3) is 0 Å². The van der Waals surface area contributed by atoms with Crippen molar-refractivity contribution in [2.75, 3.05) is 11.3 Å². The molecule has 58 valence electrons. The summed E-state index contributed by atoms with van der Waals surface area (Å²) < 4.78 is 0. The van der Waals surface area contributed by atoms with E-state index in [-0.39, 0.29) is 0 Å². The highest BCUT2D eigenvalue weighted by Crippen LogP contribution is 2.22. The van der Waals surface area contributed by atoms with E-state index in [1.165, 1.54) is 4.91 Å². The maximum Gasteiger partial charge on any atom is 0.0457 e. The lowest BCUT2D eigenvalue weighted by molar-refractivity contribution is 1.29. The molecule has 0 heterocycles. The van der Waals surface area contributed by atoms with Crippen molar-refractivity contribution in [2.24, 2.45) is 4.99 Å².